The van der Waals surface area contributed by atoms with Crippen molar-refractivity contribution < 1.29 is 13.7 Å². The van der Waals surface area contributed by atoms with Crippen LogP contribution in [-0.4, -0.2) is 29.3 Å². The Bertz CT molecular complexity index is 231. The van der Waals surface area contributed by atoms with Gasteiger partial charge in [0.05, 0.1) is 10.8 Å². The van der Waals surface area contributed by atoms with Gasteiger partial charge in [0, 0.05) is 13.2 Å². The maximum atomic E-state index is 11.7. The summed E-state index contributed by atoms with van der Waals surface area (Å²) in [6.45, 7) is 10.5. The van der Waals surface area contributed by atoms with E-state index in [9.17, 15) is 4.21 Å². The van der Waals surface area contributed by atoms with E-state index in [0.717, 1.165) is 37.9 Å². The second kappa shape index (κ2) is 15.9. The molecule has 0 aliphatic heterocycles. The zero-order chi connectivity index (χ0) is 16.6. The van der Waals surface area contributed by atoms with E-state index < -0.39 is 10.8 Å². The van der Waals surface area contributed by atoms with E-state index in [2.05, 4.69) is 27.7 Å². The summed E-state index contributed by atoms with van der Waals surface area (Å²) in [7, 11) is -0.994. The third kappa shape index (κ3) is 18.1. The van der Waals surface area contributed by atoms with Gasteiger partial charge in [-0.2, -0.15) is 0 Å². The van der Waals surface area contributed by atoms with Gasteiger partial charge in [0.15, 0.2) is 0 Å². The highest BCUT2D eigenvalue weighted by Gasteiger charge is 2.01. The fourth-order valence-electron chi connectivity index (χ4n) is 2.20. The van der Waals surface area contributed by atoms with Gasteiger partial charge in [0.2, 0.25) is 0 Å². The molecule has 0 amide bonds. The highest BCUT2D eigenvalue weighted by atomic mass is 32.2. The number of hydrogen-bond donors (Lipinski definition) is 0. The van der Waals surface area contributed by atoms with Crippen molar-refractivity contribution in [1.29, 1.82) is 0 Å². The minimum absolute atomic E-state index is 0.317. The number of unbranched alkanes of at least 4 members (excludes halogenated alkanes) is 4. The Morgan fingerprint density at radius 2 is 1.09 bits per heavy atom. The maximum Gasteiger partial charge on any atom is 0.124 e. The first-order chi connectivity index (χ1) is 10.5. The van der Waals surface area contributed by atoms with Crippen LogP contribution in [0.3, 0.4) is 0 Å². The molecule has 0 radical (unpaired) electrons. The van der Waals surface area contributed by atoms with Gasteiger partial charge in [-0.15, -0.1) is 0 Å². The number of rotatable bonds is 16. The van der Waals surface area contributed by atoms with E-state index in [1.54, 1.807) is 0 Å². The normalized spacial score (nSPS) is 12.0. The molecule has 134 valence electrons. The molecular formula is C18H38O3S. The van der Waals surface area contributed by atoms with E-state index in [1.165, 1.54) is 38.5 Å². The maximum absolute atomic E-state index is 11.7. The van der Waals surface area contributed by atoms with Crippen LogP contribution < -0.4 is 0 Å². The summed E-state index contributed by atoms with van der Waals surface area (Å²) in [5, 5.41) is 0. The fraction of sp³-hybridized carbons (Fsp3) is 1.00. The second-order valence-electron chi connectivity index (χ2n) is 6.98. The van der Waals surface area contributed by atoms with Crippen molar-refractivity contribution in [2.75, 3.05) is 25.1 Å². The van der Waals surface area contributed by atoms with Crippen LogP contribution in [-0.2, 0) is 20.3 Å². The van der Waals surface area contributed by atoms with E-state index in [-0.39, 0.29) is 0 Å². The van der Waals surface area contributed by atoms with Crippen molar-refractivity contribution in [3.8, 4) is 0 Å². The van der Waals surface area contributed by atoms with Crippen molar-refractivity contribution in [2.24, 2.45) is 11.8 Å². The van der Waals surface area contributed by atoms with Crippen LogP contribution in [0.25, 0.3) is 0 Å². The lowest BCUT2D eigenvalue weighted by molar-refractivity contribution is 0.157. The molecule has 0 rings (SSSR count). The minimum Gasteiger partial charge on any atom is -0.368 e. The van der Waals surface area contributed by atoms with Crippen molar-refractivity contribution >= 4 is 10.8 Å². The third-order valence-electron chi connectivity index (χ3n) is 3.57. The van der Waals surface area contributed by atoms with Gasteiger partial charge in [0.1, 0.15) is 11.9 Å². The molecule has 0 saturated carbocycles. The van der Waals surface area contributed by atoms with Crippen LogP contribution in [0.4, 0.5) is 0 Å². The Hall–Kier alpha value is 0.0700. The van der Waals surface area contributed by atoms with Gasteiger partial charge in [-0.05, 0) is 24.7 Å². The Morgan fingerprint density at radius 3 is 1.45 bits per heavy atom. The summed E-state index contributed by atoms with van der Waals surface area (Å²) in [4.78, 5) is 0. The molecule has 0 aromatic rings. The molecule has 0 bridgehead atoms. The van der Waals surface area contributed by atoms with Gasteiger partial charge >= 0.3 is 0 Å². The van der Waals surface area contributed by atoms with Crippen molar-refractivity contribution in [2.45, 2.75) is 79.1 Å². The molecule has 0 fully saturated rings. The van der Waals surface area contributed by atoms with E-state index in [0.29, 0.717) is 11.9 Å². The molecule has 0 spiro atoms. The first-order valence-corrected chi connectivity index (χ1v) is 10.5. The molecule has 22 heavy (non-hydrogen) atoms. The molecule has 0 aromatic heterocycles. The highest BCUT2D eigenvalue weighted by molar-refractivity contribution is 7.84. The SMILES string of the molecule is CC(C)CCCCCOCS(=O)COCCCCCC(C)C. The lowest BCUT2D eigenvalue weighted by Crippen LogP contribution is -2.10. The lowest BCUT2D eigenvalue weighted by Gasteiger charge is -2.07. The molecule has 0 aromatic carbocycles. The van der Waals surface area contributed by atoms with Crippen LogP contribution in [0.5, 0.6) is 0 Å². The van der Waals surface area contributed by atoms with Crippen molar-refractivity contribution in [3.05, 3.63) is 0 Å². The average Bonchev–Trinajstić information content (AvgIpc) is 2.44. The highest BCUT2D eigenvalue weighted by Crippen LogP contribution is 2.09. The Morgan fingerprint density at radius 1 is 0.682 bits per heavy atom. The van der Waals surface area contributed by atoms with Gasteiger partial charge < -0.3 is 9.47 Å². The van der Waals surface area contributed by atoms with E-state index in [1.807, 2.05) is 0 Å². The molecule has 0 aliphatic rings. The molecule has 3 nitrogen and oxygen atoms in total. The minimum atomic E-state index is -0.994. The van der Waals surface area contributed by atoms with Crippen molar-refractivity contribution in [1.82, 2.24) is 0 Å². The molecule has 0 aliphatic carbocycles. The Labute approximate surface area is 141 Å². The average molecular weight is 335 g/mol. The molecule has 0 unspecified atom stereocenters. The van der Waals surface area contributed by atoms with Crippen molar-refractivity contribution in [3.63, 3.8) is 0 Å². The molecule has 0 atom stereocenters. The summed E-state index contributed by atoms with van der Waals surface area (Å²) in [5.41, 5.74) is 0. The van der Waals surface area contributed by atoms with Gasteiger partial charge in [-0.25, -0.2) is 0 Å². The largest absolute Gasteiger partial charge is 0.368 e. The van der Waals surface area contributed by atoms with Crippen LogP contribution in [0, 0.1) is 11.8 Å². The predicted molar refractivity (Wildman–Crippen MR) is 96.4 cm³/mol. The fourth-order valence-corrected chi connectivity index (χ4v) is 2.88. The topological polar surface area (TPSA) is 35.5 Å². The molecule has 0 N–H and O–H groups in total. The van der Waals surface area contributed by atoms with Gasteiger partial charge in [0.25, 0.3) is 0 Å². The van der Waals surface area contributed by atoms with Crippen LogP contribution >= 0.6 is 0 Å². The van der Waals surface area contributed by atoms with E-state index in [4.69, 9.17) is 9.47 Å². The number of ether oxygens (including phenoxy) is 2. The smallest absolute Gasteiger partial charge is 0.124 e. The zero-order valence-corrected chi connectivity index (χ0v) is 16.1. The second-order valence-corrected chi connectivity index (χ2v) is 8.33. The Kier molecular flexibility index (Phi) is 16.0. The molecule has 0 heterocycles. The summed E-state index contributed by atoms with van der Waals surface area (Å²) < 4.78 is 22.5. The Balaban J connectivity index is 3.20. The summed E-state index contributed by atoms with van der Waals surface area (Å²) in [5.74, 6) is 2.21. The van der Waals surface area contributed by atoms with Gasteiger partial charge in [-0.1, -0.05) is 66.2 Å². The number of hydrogen-bond acceptors (Lipinski definition) is 3. The predicted octanol–water partition coefficient (Wildman–Crippen LogP) is 5.12. The quantitative estimate of drug-likeness (QED) is 0.368. The van der Waals surface area contributed by atoms with E-state index >= 15 is 0 Å². The summed E-state index contributed by atoms with van der Waals surface area (Å²) in [6.07, 6.45) is 9.67. The summed E-state index contributed by atoms with van der Waals surface area (Å²) >= 11 is 0. The standard InChI is InChI=1S/C18H38O3S/c1-17(2)11-7-5-9-13-20-15-22(19)16-21-14-10-6-8-12-18(3)4/h17-18H,5-16H2,1-4H3. The summed E-state index contributed by atoms with van der Waals surface area (Å²) in [6, 6.07) is 0. The van der Waals surface area contributed by atoms with Crippen LogP contribution in [0.2, 0.25) is 0 Å². The van der Waals surface area contributed by atoms with Crippen LogP contribution in [0.1, 0.15) is 79.1 Å². The molecule has 4 heteroatoms. The first kappa shape index (κ1) is 22.1. The third-order valence-corrected chi connectivity index (χ3v) is 4.43. The first-order valence-electron chi connectivity index (χ1n) is 9.02. The molecular weight excluding hydrogens is 296 g/mol. The molecule has 0 saturated heterocycles. The van der Waals surface area contributed by atoms with Crippen LogP contribution in [0.15, 0.2) is 0 Å². The monoisotopic (exact) mass is 334 g/mol. The lowest BCUT2D eigenvalue weighted by atomic mass is 10.1. The van der Waals surface area contributed by atoms with Gasteiger partial charge in [-0.3, -0.25) is 4.21 Å². The zero-order valence-electron chi connectivity index (χ0n) is 15.3.